The predicted octanol–water partition coefficient (Wildman–Crippen LogP) is 5.68. The molecule has 1 N–H and O–H groups in total. The van der Waals surface area contributed by atoms with Gasteiger partial charge in [-0.1, -0.05) is 30.3 Å². The van der Waals surface area contributed by atoms with Crippen molar-refractivity contribution in [2.45, 2.75) is 63.5 Å². The molecule has 0 aliphatic carbocycles. The van der Waals surface area contributed by atoms with E-state index in [1.165, 1.54) is 0 Å². The average Bonchev–Trinajstić information content (AvgIpc) is 3.45. The fourth-order valence-corrected chi connectivity index (χ4v) is 5.35. The van der Waals surface area contributed by atoms with Crippen molar-refractivity contribution in [3.63, 3.8) is 0 Å². The predicted molar refractivity (Wildman–Crippen MR) is 135 cm³/mol. The number of fused-ring (bicyclic) bond motifs is 2. The van der Waals surface area contributed by atoms with E-state index in [9.17, 15) is 40.7 Å². The SMILES string of the molecule is COc1c2c(C(F)(F)F)c(c(C(F)(F)F)c1C(=O)NC(c1ccccc1)C(C)(C)N1CCCC1)OC(=O)CCC(=O)O2. The molecule has 42 heavy (non-hydrogen) atoms. The highest BCUT2D eigenvalue weighted by Gasteiger charge is 2.52. The van der Waals surface area contributed by atoms with Gasteiger partial charge in [0.2, 0.25) is 0 Å². The van der Waals surface area contributed by atoms with Crippen molar-refractivity contribution in [1.29, 1.82) is 0 Å². The Hall–Kier alpha value is -3.81. The number of hydrogen-bond acceptors (Lipinski definition) is 7. The van der Waals surface area contributed by atoms with E-state index in [2.05, 4.69) is 10.1 Å². The summed E-state index contributed by atoms with van der Waals surface area (Å²) in [6, 6.07) is 7.37. The molecule has 0 spiro atoms. The molecule has 2 aliphatic rings. The number of ether oxygens (including phenoxy) is 3. The van der Waals surface area contributed by atoms with Crippen LogP contribution in [0.5, 0.6) is 17.2 Å². The van der Waals surface area contributed by atoms with Crippen LogP contribution in [-0.4, -0.2) is 48.5 Å². The lowest BCUT2D eigenvalue weighted by atomic mass is 9.86. The topological polar surface area (TPSA) is 94.2 Å². The lowest BCUT2D eigenvalue weighted by Gasteiger charge is -2.43. The minimum Gasteiger partial charge on any atom is -0.492 e. The highest BCUT2D eigenvalue weighted by atomic mass is 19.4. The van der Waals surface area contributed by atoms with Gasteiger partial charge < -0.3 is 19.5 Å². The maximum atomic E-state index is 14.7. The van der Waals surface area contributed by atoms with E-state index in [-0.39, 0.29) is 0 Å². The molecule has 0 saturated carbocycles. The molecule has 8 nitrogen and oxygen atoms in total. The van der Waals surface area contributed by atoms with Crippen molar-refractivity contribution < 1.29 is 54.9 Å². The quantitative estimate of drug-likeness (QED) is 0.258. The maximum Gasteiger partial charge on any atom is 0.423 e. The summed E-state index contributed by atoms with van der Waals surface area (Å²) in [6.07, 6.45) is -11.2. The average molecular weight is 603 g/mol. The third kappa shape index (κ3) is 6.03. The number of esters is 2. The van der Waals surface area contributed by atoms with E-state index in [1.54, 1.807) is 44.2 Å². The van der Waals surface area contributed by atoms with Gasteiger partial charge in [0, 0.05) is 5.54 Å². The molecule has 2 aromatic rings. The summed E-state index contributed by atoms with van der Waals surface area (Å²) in [6.45, 7) is 4.86. The van der Waals surface area contributed by atoms with E-state index in [0.717, 1.165) is 20.0 Å². The zero-order chi connectivity index (χ0) is 31.0. The minimum atomic E-state index is -5.65. The number of nitrogens with one attached hydrogen (secondary N) is 1. The Bertz CT molecular complexity index is 1370. The summed E-state index contributed by atoms with van der Waals surface area (Å²) >= 11 is 0. The second kappa shape index (κ2) is 11.5. The molecule has 0 aromatic heterocycles. The number of amides is 1. The van der Waals surface area contributed by atoms with Crippen molar-refractivity contribution in [2.75, 3.05) is 20.2 Å². The molecule has 1 amide bonds. The number of rotatable bonds is 6. The Balaban J connectivity index is 2.01. The van der Waals surface area contributed by atoms with Crippen molar-refractivity contribution in [2.24, 2.45) is 0 Å². The van der Waals surface area contributed by atoms with Crippen LogP contribution in [0.4, 0.5) is 26.3 Å². The van der Waals surface area contributed by atoms with E-state index >= 15 is 0 Å². The monoisotopic (exact) mass is 602 g/mol. The first-order valence-corrected chi connectivity index (χ1v) is 13.0. The fraction of sp³-hybridized carbons (Fsp3) is 0.464. The molecule has 1 fully saturated rings. The molecule has 1 atom stereocenters. The van der Waals surface area contributed by atoms with Crippen LogP contribution in [0.2, 0.25) is 0 Å². The molecule has 4 rings (SSSR count). The lowest BCUT2D eigenvalue weighted by molar-refractivity contribution is -0.149. The molecule has 2 aliphatic heterocycles. The summed E-state index contributed by atoms with van der Waals surface area (Å²) < 4.78 is 101. The standard InChI is InChI=1S/C28H28F6N2O6/c1-26(2,36-13-7-8-14-36)24(15-9-5-4-6-10-15)35-25(39)18-19(27(29,30)31)22-20(28(32,33)34)23(21(18)40-3)42-17(38)12-11-16(37)41-22/h4-6,9-10,24H,7-8,11-14H2,1-3H3,(H,35,39). The van der Waals surface area contributed by atoms with Gasteiger partial charge in [-0.05, 0) is 45.3 Å². The van der Waals surface area contributed by atoms with Crippen molar-refractivity contribution in [3.05, 3.63) is 52.6 Å². The van der Waals surface area contributed by atoms with E-state index in [4.69, 9.17) is 9.47 Å². The highest BCUT2D eigenvalue weighted by molar-refractivity contribution is 6.02. The first kappa shape index (κ1) is 31.1. The molecule has 1 unspecified atom stereocenters. The van der Waals surface area contributed by atoms with Crippen molar-refractivity contribution in [3.8, 4) is 17.2 Å². The van der Waals surface area contributed by atoms with Crippen LogP contribution < -0.4 is 19.5 Å². The van der Waals surface area contributed by atoms with Gasteiger partial charge in [-0.25, -0.2) is 0 Å². The first-order chi connectivity index (χ1) is 19.6. The van der Waals surface area contributed by atoms with Crippen LogP contribution in [-0.2, 0) is 21.9 Å². The number of methoxy groups -OCH3 is 1. The first-order valence-electron chi connectivity index (χ1n) is 13.0. The van der Waals surface area contributed by atoms with Gasteiger partial charge in [-0.3, -0.25) is 19.3 Å². The highest BCUT2D eigenvalue weighted by Crippen LogP contribution is 2.55. The summed E-state index contributed by atoms with van der Waals surface area (Å²) in [5.74, 6) is -9.19. The molecule has 228 valence electrons. The van der Waals surface area contributed by atoms with Gasteiger partial charge in [-0.2, -0.15) is 26.3 Å². The summed E-state index contributed by atoms with van der Waals surface area (Å²) in [4.78, 5) is 40.5. The van der Waals surface area contributed by atoms with Crippen LogP contribution in [0.3, 0.4) is 0 Å². The van der Waals surface area contributed by atoms with E-state index in [0.29, 0.717) is 18.7 Å². The number of hydrogen-bond donors (Lipinski definition) is 1. The zero-order valence-electron chi connectivity index (χ0n) is 22.9. The molecule has 1 saturated heterocycles. The Morgan fingerprint density at radius 3 is 1.90 bits per heavy atom. The Labute approximate surface area is 236 Å². The Morgan fingerprint density at radius 2 is 1.40 bits per heavy atom. The van der Waals surface area contributed by atoms with E-state index < -0.39 is 88.6 Å². The van der Waals surface area contributed by atoms with Crippen molar-refractivity contribution >= 4 is 17.8 Å². The lowest BCUT2D eigenvalue weighted by Crippen LogP contribution is -2.53. The summed E-state index contributed by atoms with van der Waals surface area (Å²) in [5, 5.41) is 2.57. The molecule has 2 aromatic carbocycles. The Kier molecular flexibility index (Phi) is 8.50. The fourth-order valence-electron chi connectivity index (χ4n) is 5.35. The molecule has 2 bridgehead atoms. The third-order valence-corrected chi connectivity index (χ3v) is 7.36. The van der Waals surface area contributed by atoms with Crippen LogP contribution in [0.15, 0.2) is 30.3 Å². The minimum absolute atomic E-state index is 0.512. The van der Waals surface area contributed by atoms with Gasteiger partial charge in [0.15, 0.2) is 17.2 Å². The molecular weight excluding hydrogens is 574 g/mol. The molecule has 14 heteroatoms. The second-order valence-electron chi connectivity index (χ2n) is 10.4. The Morgan fingerprint density at radius 1 is 0.881 bits per heavy atom. The maximum absolute atomic E-state index is 14.7. The van der Waals surface area contributed by atoms with Crippen LogP contribution in [0.25, 0.3) is 0 Å². The normalized spacial score (nSPS) is 17.5. The van der Waals surface area contributed by atoms with Gasteiger partial charge in [0.1, 0.15) is 16.7 Å². The largest absolute Gasteiger partial charge is 0.492 e. The second-order valence-corrected chi connectivity index (χ2v) is 10.4. The number of carbonyl (C=O) groups excluding carboxylic acids is 3. The van der Waals surface area contributed by atoms with Crippen molar-refractivity contribution in [1.82, 2.24) is 10.2 Å². The summed E-state index contributed by atoms with van der Waals surface area (Å²) in [7, 11) is 0.734. The van der Waals surface area contributed by atoms with Gasteiger partial charge in [-0.15, -0.1) is 0 Å². The van der Waals surface area contributed by atoms with Gasteiger partial charge >= 0.3 is 24.3 Å². The zero-order valence-corrected chi connectivity index (χ0v) is 22.9. The summed E-state index contributed by atoms with van der Waals surface area (Å²) in [5.41, 5.74) is -6.19. The molecular formula is C28H28F6N2O6. The number of nitrogens with zero attached hydrogens (tertiary/aromatic N) is 1. The smallest absolute Gasteiger partial charge is 0.423 e. The number of likely N-dealkylation sites (tertiary alicyclic amines) is 1. The van der Waals surface area contributed by atoms with Crippen LogP contribution >= 0.6 is 0 Å². The van der Waals surface area contributed by atoms with E-state index in [1.807, 2.05) is 4.90 Å². The number of benzene rings is 2. The number of carbonyl (C=O) groups is 3. The van der Waals surface area contributed by atoms with Gasteiger partial charge in [0.25, 0.3) is 5.91 Å². The van der Waals surface area contributed by atoms with Gasteiger partial charge in [0.05, 0.1) is 26.0 Å². The number of alkyl halides is 6. The number of halogens is 6. The van der Waals surface area contributed by atoms with Crippen LogP contribution in [0, 0.1) is 0 Å². The molecule has 0 radical (unpaired) electrons. The molecule has 2 heterocycles. The third-order valence-electron chi connectivity index (χ3n) is 7.36. The van der Waals surface area contributed by atoms with Crippen LogP contribution in [0.1, 0.15) is 72.6 Å².